The lowest BCUT2D eigenvalue weighted by molar-refractivity contribution is -0.174. The predicted octanol–water partition coefficient (Wildman–Crippen LogP) is 2.78. The fourth-order valence-electron chi connectivity index (χ4n) is 3.67. The lowest BCUT2D eigenvalue weighted by atomic mass is 10.1. The smallest absolute Gasteiger partial charge is 0.472 e. The molecule has 1 aliphatic rings. The molecule has 1 saturated heterocycles. The summed E-state index contributed by atoms with van der Waals surface area (Å²) in [6.07, 6.45) is -5.11. The van der Waals surface area contributed by atoms with Gasteiger partial charge in [0.25, 0.3) is 5.91 Å². The number of rotatable bonds is 6. The molecule has 0 aromatic heterocycles. The van der Waals surface area contributed by atoms with Crippen molar-refractivity contribution in [3.05, 3.63) is 59.7 Å². The number of nitrogens with zero attached hydrogens (tertiary/aromatic N) is 3. The summed E-state index contributed by atoms with van der Waals surface area (Å²) in [5, 5.41) is 0. The van der Waals surface area contributed by atoms with Gasteiger partial charge in [-0.05, 0) is 36.4 Å². The molecule has 1 fully saturated rings. The molecule has 194 valence electrons. The van der Waals surface area contributed by atoms with Crippen molar-refractivity contribution in [2.45, 2.75) is 19.6 Å². The zero-order chi connectivity index (χ0) is 26.3. The molecule has 1 heterocycles. The second-order valence-electron chi connectivity index (χ2n) is 8.09. The van der Waals surface area contributed by atoms with Crippen LogP contribution in [0.25, 0.3) is 0 Å². The van der Waals surface area contributed by atoms with Crippen molar-refractivity contribution in [1.82, 2.24) is 20.7 Å². The highest BCUT2D eigenvalue weighted by Gasteiger charge is 2.39. The summed E-state index contributed by atoms with van der Waals surface area (Å²) in [6.45, 7) is 5.93. The van der Waals surface area contributed by atoms with Gasteiger partial charge in [0.2, 0.25) is 0 Å². The molecular weight excluding hydrogens is 479 g/mol. The molecule has 0 atom stereocenters. The van der Waals surface area contributed by atoms with Crippen LogP contribution in [0.5, 0.6) is 5.75 Å². The van der Waals surface area contributed by atoms with Crippen molar-refractivity contribution in [2.24, 2.45) is 0 Å². The number of piperazine rings is 1. The van der Waals surface area contributed by atoms with E-state index in [0.29, 0.717) is 30.1 Å². The normalized spacial score (nSPS) is 14.2. The summed E-state index contributed by atoms with van der Waals surface area (Å²) < 4.78 is 42.2. The number of amides is 4. The van der Waals surface area contributed by atoms with E-state index in [-0.39, 0.29) is 18.1 Å². The molecule has 2 aromatic rings. The van der Waals surface area contributed by atoms with E-state index in [4.69, 9.17) is 4.74 Å². The SMILES string of the molecule is CCN1CCN(C(=O)N(Cc2ccc(C(=O)NNC(=O)C(F)(F)F)cc2)c2cccc(OC)c2)CC1. The van der Waals surface area contributed by atoms with E-state index in [1.165, 1.54) is 24.7 Å². The van der Waals surface area contributed by atoms with Gasteiger partial charge in [-0.25, -0.2) is 4.79 Å². The van der Waals surface area contributed by atoms with Crippen molar-refractivity contribution in [3.8, 4) is 5.75 Å². The fourth-order valence-corrected chi connectivity index (χ4v) is 3.67. The number of carbonyl (C=O) groups excluding carboxylic acids is 3. The molecule has 3 rings (SSSR count). The van der Waals surface area contributed by atoms with E-state index < -0.39 is 18.0 Å². The van der Waals surface area contributed by atoms with Crippen LogP contribution in [0.3, 0.4) is 0 Å². The lowest BCUT2D eigenvalue weighted by Gasteiger charge is -2.37. The largest absolute Gasteiger partial charge is 0.497 e. The van der Waals surface area contributed by atoms with Crippen molar-refractivity contribution in [2.75, 3.05) is 44.7 Å². The molecule has 2 aromatic carbocycles. The maximum atomic E-state index is 13.5. The highest BCUT2D eigenvalue weighted by molar-refractivity contribution is 5.96. The number of hydrogen-bond donors (Lipinski definition) is 2. The van der Waals surface area contributed by atoms with Crippen molar-refractivity contribution in [1.29, 1.82) is 0 Å². The van der Waals surface area contributed by atoms with Crippen LogP contribution in [0, 0.1) is 0 Å². The molecule has 0 saturated carbocycles. The first-order valence-electron chi connectivity index (χ1n) is 11.3. The molecule has 0 unspecified atom stereocenters. The van der Waals surface area contributed by atoms with Gasteiger partial charge >= 0.3 is 18.1 Å². The molecule has 2 N–H and O–H groups in total. The topological polar surface area (TPSA) is 94.2 Å². The lowest BCUT2D eigenvalue weighted by Crippen LogP contribution is -2.52. The number of halogens is 3. The first kappa shape index (κ1) is 26.8. The van der Waals surface area contributed by atoms with E-state index >= 15 is 0 Å². The van der Waals surface area contributed by atoms with Gasteiger partial charge in [-0.2, -0.15) is 13.2 Å². The third kappa shape index (κ3) is 6.87. The number of methoxy groups -OCH3 is 1. The van der Waals surface area contributed by atoms with Crippen LogP contribution in [0.15, 0.2) is 48.5 Å². The number of nitrogens with one attached hydrogen (secondary N) is 2. The van der Waals surface area contributed by atoms with Gasteiger partial charge in [-0.3, -0.25) is 25.3 Å². The Morgan fingerprint density at radius 1 is 1.00 bits per heavy atom. The Labute approximate surface area is 206 Å². The standard InChI is InChI=1S/C24H28F3N5O4/c1-3-30-11-13-31(14-12-30)23(35)32(19-5-4-6-20(15-19)36-2)16-17-7-9-18(10-8-17)21(33)28-29-22(34)24(25,26)27/h4-10,15H,3,11-14,16H2,1-2H3,(H,28,33)(H,29,34). The van der Waals surface area contributed by atoms with Gasteiger partial charge in [0, 0.05) is 43.5 Å². The number of hydrogen-bond acceptors (Lipinski definition) is 5. The van der Waals surface area contributed by atoms with Gasteiger partial charge in [-0.1, -0.05) is 25.1 Å². The minimum absolute atomic E-state index is 0.0381. The summed E-state index contributed by atoms with van der Waals surface area (Å²) in [5.41, 5.74) is 4.41. The van der Waals surface area contributed by atoms with E-state index in [1.54, 1.807) is 51.6 Å². The number of benzene rings is 2. The molecule has 1 aliphatic heterocycles. The minimum atomic E-state index is -5.11. The Morgan fingerprint density at radius 3 is 2.25 bits per heavy atom. The van der Waals surface area contributed by atoms with Gasteiger partial charge in [-0.15, -0.1) is 0 Å². The molecule has 0 bridgehead atoms. The molecule has 9 nitrogen and oxygen atoms in total. The molecule has 0 spiro atoms. The van der Waals surface area contributed by atoms with Gasteiger partial charge < -0.3 is 14.5 Å². The average molecular weight is 508 g/mol. The van der Waals surface area contributed by atoms with Crippen LogP contribution in [0.2, 0.25) is 0 Å². The summed E-state index contributed by atoms with van der Waals surface area (Å²) in [5.74, 6) is -2.60. The predicted molar refractivity (Wildman–Crippen MR) is 126 cm³/mol. The Balaban J connectivity index is 1.74. The third-order valence-electron chi connectivity index (χ3n) is 5.79. The van der Waals surface area contributed by atoms with Crippen LogP contribution < -0.4 is 20.5 Å². The molecule has 0 radical (unpaired) electrons. The molecule has 12 heteroatoms. The van der Waals surface area contributed by atoms with Crippen molar-refractivity contribution < 1.29 is 32.3 Å². The maximum absolute atomic E-state index is 13.5. The van der Waals surface area contributed by atoms with E-state index in [2.05, 4.69) is 11.8 Å². The number of anilines is 1. The van der Waals surface area contributed by atoms with E-state index in [9.17, 15) is 27.6 Å². The molecule has 4 amide bonds. The van der Waals surface area contributed by atoms with Gasteiger partial charge in [0.15, 0.2) is 0 Å². The molecular formula is C24H28F3N5O4. The zero-order valence-corrected chi connectivity index (χ0v) is 20.0. The Morgan fingerprint density at radius 2 is 1.67 bits per heavy atom. The van der Waals surface area contributed by atoms with Crippen molar-refractivity contribution in [3.63, 3.8) is 0 Å². The Hall–Kier alpha value is -3.80. The monoisotopic (exact) mass is 507 g/mol. The summed E-state index contributed by atoms with van der Waals surface area (Å²) in [6, 6.07) is 12.9. The first-order chi connectivity index (χ1) is 17.1. The van der Waals surface area contributed by atoms with E-state index in [1.807, 2.05) is 0 Å². The van der Waals surface area contributed by atoms with Crippen LogP contribution in [0.1, 0.15) is 22.8 Å². The van der Waals surface area contributed by atoms with Crippen LogP contribution in [-0.4, -0.2) is 73.7 Å². The quantitative estimate of drug-likeness (QED) is 0.587. The number of hydrazine groups is 1. The Kier molecular flexibility index (Phi) is 8.75. The Bertz CT molecular complexity index is 1070. The minimum Gasteiger partial charge on any atom is -0.497 e. The van der Waals surface area contributed by atoms with Gasteiger partial charge in [0.1, 0.15) is 5.75 Å². The number of carbonyl (C=O) groups is 3. The van der Waals surface area contributed by atoms with Crippen LogP contribution in [-0.2, 0) is 11.3 Å². The van der Waals surface area contributed by atoms with Crippen molar-refractivity contribution >= 4 is 23.5 Å². The zero-order valence-electron chi connectivity index (χ0n) is 20.0. The number of ether oxygens (including phenoxy) is 1. The second-order valence-corrected chi connectivity index (χ2v) is 8.09. The summed E-state index contributed by atoms with van der Waals surface area (Å²) in [7, 11) is 1.54. The first-order valence-corrected chi connectivity index (χ1v) is 11.3. The van der Waals surface area contributed by atoms with Gasteiger partial charge in [0.05, 0.1) is 13.7 Å². The summed E-state index contributed by atoms with van der Waals surface area (Å²) in [4.78, 5) is 42.1. The summed E-state index contributed by atoms with van der Waals surface area (Å²) >= 11 is 0. The maximum Gasteiger partial charge on any atom is 0.472 e. The fraction of sp³-hybridized carbons (Fsp3) is 0.375. The number of urea groups is 1. The second kappa shape index (κ2) is 11.8. The number of likely N-dealkylation sites (N-methyl/N-ethyl adjacent to an activating group) is 1. The number of alkyl halides is 3. The molecule has 0 aliphatic carbocycles. The van der Waals surface area contributed by atoms with Crippen LogP contribution in [0.4, 0.5) is 23.7 Å². The third-order valence-corrected chi connectivity index (χ3v) is 5.79. The van der Waals surface area contributed by atoms with Crippen LogP contribution >= 0.6 is 0 Å². The highest BCUT2D eigenvalue weighted by Crippen LogP contribution is 2.25. The average Bonchev–Trinajstić information content (AvgIpc) is 2.89. The highest BCUT2D eigenvalue weighted by atomic mass is 19.4. The molecule has 36 heavy (non-hydrogen) atoms. The van der Waals surface area contributed by atoms with E-state index in [0.717, 1.165) is 19.6 Å².